The Hall–Kier alpha value is -3.33. The smallest absolute Gasteiger partial charge is 0.325 e. The van der Waals surface area contributed by atoms with E-state index in [2.05, 4.69) is 4.99 Å². The van der Waals surface area contributed by atoms with Crippen molar-refractivity contribution in [2.45, 2.75) is 12.6 Å². The van der Waals surface area contributed by atoms with Crippen molar-refractivity contribution in [1.82, 2.24) is 4.57 Å². The van der Waals surface area contributed by atoms with Crippen LogP contribution in [0.1, 0.15) is 0 Å². The number of benzene rings is 2. The van der Waals surface area contributed by atoms with E-state index in [9.17, 15) is 9.59 Å². The zero-order chi connectivity index (χ0) is 20.4. The molecule has 3 aromatic rings. The fourth-order valence-electron chi connectivity index (χ4n) is 2.92. The lowest BCUT2D eigenvalue weighted by Crippen LogP contribution is -2.37. The number of amides is 1. The normalized spacial score (nSPS) is 15.9. The number of carbonyl (C=O) groups is 2. The van der Waals surface area contributed by atoms with Gasteiger partial charge >= 0.3 is 5.97 Å². The molecule has 0 saturated heterocycles. The number of thiazole rings is 1. The van der Waals surface area contributed by atoms with E-state index in [0.29, 0.717) is 22.0 Å². The highest BCUT2D eigenvalue weighted by Crippen LogP contribution is 2.31. The molecule has 150 valence electrons. The Morgan fingerprint density at radius 2 is 2.00 bits per heavy atom. The molecule has 1 aliphatic heterocycles. The van der Waals surface area contributed by atoms with Gasteiger partial charge in [-0.15, -0.1) is 0 Å². The van der Waals surface area contributed by atoms with Gasteiger partial charge in [0.25, 0.3) is 5.91 Å². The summed E-state index contributed by atoms with van der Waals surface area (Å²) < 4.78 is 23.8. The number of esters is 1. The van der Waals surface area contributed by atoms with Crippen LogP contribution in [0, 0.1) is 0 Å². The summed E-state index contributed by atoms with van der Waals surface area (Å²) in [6, 6.07) is 12.6. The van der Waals surface area contributed by atoms with E-state index in [1.807, 2.05) is 18.2 Å². The SMILES string of the molecule is COC(=O)Cn1c(=NC(=O)C2COc3ccccc3O2)sc2cc(OC)ccc21. The number of nitrogens with zero attached hydrogens (tertiary/aromatic N) is 2. The van der Waals surface area contributed by atoms with Crippen molar-refractivity contribution in [2.75, 3.05) is 20.8 Å². The van der Waals surface area contributed by atoms with Crippen molar-refractivity contribution < 1.29 is 28.5 Å². The average Bonchev–Trinajstić information content (AvgIpc) is 3.08. The van der Waals surface area contributed by atoms with Crippen molar-refractivity contribution in [3.63, 3.8) is 0 Å². The standard InChI is InChI=1S/C20H18N2O6S/c1-25-12-7-8-13-17(9-12)29-20(22(13)10-18(23)26-2)21-19(24)16-11-27-14-5-3-4-6-15(14)28-16/h3-9,16H,10-11H2,1-2H3. The summed E-state index contributed by atoms with van der Waals surface area (Å²) in [5.74, 6) is 0.821. The molecule has 1 atom stereocenters. The largest absolute Gasteiger partial charge is 0.497 e. The number of rotatable bonds is 4. The van der Waals surface area contributed by atoms with Crippen LogP contribution >= 0.6 is 11.3 Å². The first kappa shape index (κ1) is 19.0. The maximum absolute atomic E-state index is 12.8. The maximum atomic E-state index is 12.8. The lowest BCUT2D eigenvalue weighted by molar-refractivity contribution is -0.141. The Kier molecular flexibility index (Phi) is 5.22. The molecule has 1 unspecified atom stereocenters. The molecular formula is C20H18N2O6S. The highest BCUT2D eigenvalue weighted by molar-refractivity contribution is 7.16. The van der Waals surface area contributed by atoms with Crippen LogP contribution in [0.25, 0.3) is 10.2 Å². The summed E-state index contributed by atoms with van der Waals surface area (Å²) in [5.41, 5.74) is 0.749. The van der Waals surface area contributed by atoms with E-state index >= 15 is 0 Å². The summed E-state index contributed by atoms with van der Waals surface area (Å²) in [7, 11) is 2.89. The van der Waals surface area contributed by atoms with Crippen molar-refractivity contribution in [3.05, 3.63) is 47.3 Å². The highest BCUT2D eigenvalue weighted by Gasteiger charge is 2.27. The van der Waals surface area contributed by atoms with Gasteiger partial charge in [0.15, 0.2) is 16.3 Å². The van der Waals surface area contributed by atoms with E-state index in [0.717, 1.165) is 10.2 Å². The third-order valence-electron chi connectivity index (χ3n) is 4.39. The average molecular weight is 414 g/mol. The molecule has 0 radical (unpaired) electrons. The third kappa shape index (κ3) is 3.81. The van der Waals surface area contributed by atoms with Crippen LogP contribution in [0.3, 0.4) is 0 Å². The molecule has 2 aromatic carbocycles. The molecule has 4 rings (SSSR count). The number of hydrogen-bond donors (Lipinski definition) is 0. The van der Waals surface area contributed by atoms with Crippen molar-refractivity contribution >= 4 is 33.4 Å². The molecule has 2 heterocycles. The van der Waals surface area contributed by atoms with Crippen LogP contribution in [0.15, 0.2) is 47.5 Å². The first-order chi connectivity index (χ1) is 14.1. The lowest BCUT2D eigenvalue weighted by atomic mass is 10.2. The van der Waals surface area contributed by atoms with Gasteiger partial charge < -0.3 is 23.5 Å². The van der Waals surface area contributed by atoms with E-state index in [1.54, 1.807) is 35.9 Å². The predicted octanol–water partition coefficient (Wildman–Crippen LogP) is 2.15. The number of carbonyl (C=O) groups excluding carboxylic acids is 2. The van der Waals surface area contributed by atoms with Crippen LogP contribution in [0.5, 0.6) is 17.2 Å². The molecule has 9 heteroatoms. The third-order valence-corrected chi connectivity index (χ3v) is 5.44. The second-order valence-electron chi connectivity index (χ2n) is 6.19. The summed E-state index contributed by atoms with van der Waals surface area (Å²) in [5, 5.41) is 0. The maximum Gasteiger partial charge on any atom is 0.325 e. The first-order valence-corrected chi connectivity index (χ1v) is 9.62. The van der Waals surface area contributed by atoms with Crippen molar-refractivity contribution in [1.29, 1.82) is 0 Å². The highest BCUT2D eigenvalue weighted by atomic mass is 32.1. The number of hydrogen-bond acceptors (Lipinski definition) is 7. The van der Waals surface area contributed by atoms with E-state index in [1.165, 1.54) is 18.4 Å². The first-order valence-electron chi connectivity index (χ1n) is 8.80. The Morgan fingerprint density at radius 1 is 1.21 bits per heavy atom. The molecule has 1 aromatic heterocycles. The second kappa shape index (κ2) is 7.96. The molecule has 0 aliphatic carbocycles. The molecule has 0 bridgehead atoms. The monoisotopic (exact) mass is 414 g/mol. The Bertz CT molecular complexity index is 1150. The van der Waals surface area contributed by atoms with E-state index in [4.69, 9.17) is 18.9 Å². The van der Waals surface area contributed by atoms with Crippen molar-refractivity contribution in [3.8, 4) is 17.2 Å². The van der Waals surface area contributed by atoms with Gasteiger partial charge in [-0.3, -0.25) is 9.59 Å². The zero-order valence-corrected chi connectivity index (χ0v) is 16.6. The van der Waals surface area contributed by atoms with Crippen LogP contribution in [-0.2, 0) is 20.9 Å². The minimum atomic E-state index is -0.865. The second-order valence-corrected chi connectivity index (χ2v) is 7.20. The quantitative estimate of drug-likeness (QED) is 0.608. The van der Waals surface area contributed by atoms with Crippen molar-refractivity contribution in [2.24, 2.45) is 4.99 Å². The van der Waals surface area contributed by atoms with E-state index < -0.39 is 18.0 Å². The molecular weight excluding hydrogens is 396 g/mol. The predicted molar refractivity (Wildman–Crippen MR) is 105 cm³/mol. The van der Waals surface area contributed by atoms with Gasteiger partial charge in [-0.1, -0.05) is 23.5 Å². The molecule has 1 aliphatic rings. The van der Waals surface area contributed by atoms with E-state index in [-0.39, 0.29) is 13.2 Å². The molecule has 0 saturated carbocycles. The molecule has 29 heavy (non-hydrogen) atoms. The minimum Gasteiger partial charge on any atom is -0.497 e. The van der Waals surface area contributed by atoms with Gasteiger partial charge in [0, 0.05) is 0 Å². The molecule has 8 nitrogen and oxygen atoms in total. The van der Waals surface area contributed by atoms with Gasteiger partial charge in [0.1, 0.15) is 18.9 Å². The number of para-hydroxylation sites is 2. The number of ether oxygens (including phenoxy) is 4. The lowest BCUT2D eigenvalue weighted by Gasteiger charge is -2.23. The van der Waals surface area contributed by atoms with Crippen LogP contribution < -0.4 is 19.0 Å². The van der Waals surface area contributed by atoms with Gasteiger partial charge in [0.2, 0.25) is 6.10 Å². The fraction of sp³-hybridized carbons (Fsp3) is 0.250. The fourth-order valence-corrected chi connectivity index (χ4v) is 3.98. The summed E-state index contributed by atoms with van der Waals surface area (Å²) in [6.07, 6.45) is -0.865. The Morgan fingerprint density at radius 3 is 2.76 bits per heavy atom. The van der Waals surface area contributed by atoms with Crippen LogP contribution in [0.4, 0.5) is 0 Å². The van der Waals surface area contributed by atoms with Gasteiger partial charge in [-0.2, -0.15) is 4.99 Å². The van der Waals surface area contributed by atoms with Crippen LogP contribution in [-0.4, -0.2) is 43.4 Å². The minimum absolute atomic E-state index is 0.0645. The summed E-state index contributed by atoms with van der Waals surface area (Å²) >= 11 is 1.28. The Balaban J connectivity index is 1.71. The summed E-state index contributed by atoms with van der Waals surface area (Å²) in [4.78, 5) is 29.2. The zero-order valence-electron chi connectivity index (χ0n) is 15.8. The number of fused-ring (bicyclic) bond motifs is 2. The van der Waals surface area contributed by atoms with Crippen LogP contribution in [0.2, 0.25) is 0 Å². The molecule has 0 spiro atoms. The molecule has 0 fully saturated rings. The number of methoxy groups -OCH3 is 2. The number of aromatic nitrogens is 1. The van der Waals surface area contributed by atoms with Gasteiger partial charge in [0.05, 0.1) is 24.4 Å². The molecule has 1 amide bonds. The van der Waals surface area contributed by atoms with Gasteiger partial charge in [-0.05, 0) is 30.3 Å². The topological polar surface area (TPSA) is 88.4 Å². The molecule has 0 N–H and O–H groups in total. The summed E-state index contributed by atoms with van der Waals surface area (Å²) in [6.45, 7) is -0.00509. The van der Waals surface area contributed by atoms with Gasteiger partial charge in [-0.25, -0.2) is 0 Å². The Labute approximate surface area is 169 Å².